The van der Waals surface area contributed by atoms with Crippen LogP contribution in [0.2, 0.25) is 0 Å². The fraction of sp³-hybridized carbons (Fsp3) is 0.938. The second-order valence-electron chi connectivity index (χ2n) is 7.00. The Balaban J connectivity index is 1.68. The van der Waals surface area contributed by atoms with E-state index in [1.807, 2.05) is 0 Å². The molecule has 1 saturated heterocycles. The monoisotopic (exact) mass is 296 g/mol. The average molecular weight is 296 g/mol. The molecule has 2 unspecified atom stereocenters. The minimum Gasteiger partial charge on any atom is -0.468 e. The van der Waals surface area contributed by atoms with Gasteiger partial charge in [0.25, 0.3) is 0 Å². The Hall–Kier alpha value is -0.650. The number of hydrogen-bond acceptors (Lipinski definition) is 5. The second kappa shape index (κ2) is 6.23. The lowest BCUT2D eigenvalue weighted by Crippen LogP contribution is -2.61. The second-order valence-corrected chi connectivity index (χ2v) is 7.00. The van der Waals surface area contributed by atoms with Gasteiger partial charge in [0.2, 0.25) is 0 Å². The first-order valence-corrected chi connectivity index (χ1v) is 8.25. The number of rotatable bonds is 8. The minimum atomic E-state index is -0.474. The molecular formula is C16H28N2O3. The van der Waals surface area contributed by atoms with Crippen LogP contribution in [0, 0.1) is 11.8 Å². The molecular weight excluding hydrogens is 268 g/mol. The zero-order chi connectivity index (χ0) is 14.9. The summed E-state index contributed by atoms with van der Waals surface area (Å²) in [6.45, 7) is 3.71. The van der Waals surface area contributed by atoms with E-state index in [1.165, 1.54) is 26.4 Å². The summed E-state index contributed by atoms with van der Waals surface area (Å²) in [7, 11) is 3.28. The molecule has 1 N–H and O–H groups in total. The van der Waals surface area contributed by atoms with Crippen LogP contribution < -0.4 is 5.32 Å². The molecule has 0 aromatic heterocycles. The summed E-state index contributed by atoms with van der Waals surface area (Å²) < 4.78 is 10.5. The summed E-state index contributed by atoms with van der Waals surface area (Å²) in [6.07, 6.45) is 5.84. The van der Waals surface area contributed by atoms with Gasteiger partial charge in [-0.3, -0.25) is 5.32 Å². The number of carbonyl (C=O) groups is 1. The highest BCUT2D eigenvalue weighted by atomic mass is 16.5. The minimum absolute atomic E-state index is 0.0629. The Labute approximate surface area is 127 Å². The third kappa shape index (κ3) is 3.41. The van der Waals surface area contributed by atoms with Gasteiger partial charge in [-0.15, -0.1) is 0 Å². The van der Waals surface area contributed by atoms with E-state index in [0.29, 0.717) is 17.9 Å². The van der Waals surface area contributed by atoms with Crippen molar-refractivity contribution in [2.24, 2.45) is 11.8 Å². The van der Waals surface area contributed by atoms with Gasteiger partial charge in [-0.25, -0.2) is 4.79 Å². The molecule has 0 aromatic rings. The maximum atomic E-state index is 12.5. The average Bonchev–Trinajstić information content (AvgIpc) is 3.38. The van der Waals surface area contributed by atoms with E-state index in [4.69, 9.17) is 9.47 Å². The fourth-order valence-electron chi connectivity index (χ4n) is 3.71. The normalized spacial score (nSPS) is 29.3. The highest BCUT2D eigenvalue weighted by molar-refractivity contribution is 5.82. The molecule has 120 valence electrons. The van der Waals surface area contributed by atoms with Crippen molar-refractivity contribution in [1.82, 2.24) is 10.2 Å². The SMILES string of the molecule is COCC1CCN(CC(NC2CC2)(C(=O)OC)C2CC2)C1. The molecule has 0 spiro atoms. The quantitative estimate of drug-likeness (QED) is 0.678. The fourth-order valence-corrected chi connectivity index (χ4v) is 3.71. The lowest BCUT2D eigenvalue weighted by atomic mass is 9.92. The lowest BCUT2D eigenvalue weighted by molar-refractivity contribution is -0.150. The zero-order valence-corrected chi connectivity index (χ0v) is 13.3. The molecule has 21 heavy (non-hydrogen) atoms. The van der Waals surface area contributed by atoms with Gasteiger partial charge in [0.05, 0.1) is 13.7 Å². The van der Waals surface area contributed by atoms with Crippen molar-refractivity contribution in [2.45, 2.75) is 43.7 Å². The number of carbonyl (C=O) groups excluding carboxylic acids is 1. The van der Waals surface area contributed by atoms with Crippen molar-refractivity contribution < 1.29 is 14.3 Å². The van der Waals surface area contributed by atoms with Crippen LogP contribution in [-0.4, -0.2) is 62.9 Å². The molecule has 3 aliphatic rings. The van der Waals surface area contributed by atoms with Crippen molar-refractivity contribution in [2.75, 3.05) is 40.5 Å². The van der Waals surface area contributed by atoms with Gasteiger partial charge < -0.3 is 14.4 Å². The molecule has 5 heteroatoms. The van der Waals surface area contributed by atoms with Gasteiger partial charge in [0, 0.05) is 26.2 Å². The molecule has 2 atom stereocenters. The van der Waals surface area contributed by atoms with Crippen LogP contribution in [0.5, 0.6) is 0 Å². The molecule has 5 nitrogen and oxygen atoms in total. The number of esters is 1. The first kappa shape index (κ1) is 15.3. The van der Waals surface area contributed by atoms with Crippen LogP contribution >= 0.6 is 0 Å². The summed E-state index contributed by atoms with van der Waals surface area (Å²) >= 11 is 0. The van der Waals surface area contributed by atoms with Gasteiger partial charge in [0.1, 0.15) is 5.54 Å². The molecule has 0 radical (unpaired) electrons. The van der Waals surface area contributed by atoms with E-state index in [-0.39, 0.29) is 5.97 Å². The third-order valence-corrected chi connectivity index (χ3v) is 5.11. The van der Waals surface area contributed by atoms with Crippen molar-refractivity contribution >= 4 is 5.97 Å². The van der Waals surface area contributed by atoms with E-state index >= 15 is 0 Å². The number of ether oxygens (including phenoxy) is 2. The largest absolute Gasteiger partial charge is 0.468 e. The Morgan fingerprint density at radius 2 is 2.00 bits per heavy atom. The molecule has 1 aliphatic heterocycles. The van der Waals surface area contributed by atoms with E-state index in [9.17, 15) is 4.79 Å². The summed E-state index contributed by atoms with van der Waals surface area (Å²) in [5.41, 5.74) is -0.474. The van der Waals surface area contributed by atoms with Crippen molar-refractivity contribution in [1.29, 1.82) is 0 Å². The summed E-state index contributed by atoms with van der Waals surface area (Å²) in [5.74, 6) is 0.990. The van der Waals surface area contributed by atoms with Crippen molar-refractivity contribution in [3.63, 3.8) is 0 Å². The van der Waals surface area contributed by atoms with E-state index in [2.05, 4.69) is 10.2 Å². The standard InChI is InChI=1S/C16H28N2O3/c1-20-10-12-7-8-18(9-12)11-16(13-3-4-13,15(19)21-2)17-14-5-6-14/h12-14,17H,3-11H2,1-2H3. The maximum absolute atomic E-state index is 12.5. The zero-order valence-electron chi connectivity index (χ0n) is 13.3. The predicted molar refractivity (Wildman–Crippen MR) is 80.1 cm³/mol. The topological polar surface area (TPSA) is 50.8 Å². The number of nitrogens with zero attached hydrogens (tertiary/aromatic N) is 1. The first-order valence-electron chi connectivity index (χ1n) is 8.25. The van der Waals surface area contributed by atoms with Crippen LogP contribution in [-0.2, 0) is 14.3 Å². The van der Waals surface area contributed by atoms with Gasteiger partial charge >= 0.3 is 5.97 Å². The summed E-state index contributed by atoms with van der Waals surface area (Å²) in [6, 6.07) is 0.516. The molecule has 2 aliphatic carbocycles. The van der Waals surface area contributed by atoms with E-state index in [0.717, 1.165) is 39.1 Å². The number of likely N-dealkylation sites (tertiary alicyclic amines) is 1. The number of methoxy groups -OCH3 is 2. The predicted octanol–water partition coefficient (Wildman–Crippen LogP) is 1.03. The van der Waals surface area contributed by atoms with Gasteiger partial charge in [-0.2, -0.15) is 0 Å². The number of hydrogen-bond donors (Lipinski definition) is 1. The summed E-state index contributed by atoms with van der Waals surface area (Å²) in [5, 5.41) is 3.64. The van der Waals surface area contributed by atoms with Crippen LogP contribution in [0.4, 0.5) is 0 Å². The molecule has 0 aromatic carbocycles. The highest BCUT2D eigenvalue weighted by Crippen LogP contribution is 2.43. The number of nitrogens with one attached hydrogen (secondary N) is 1. The molecule has 0 amide bonds. The lowest BCUT2D eigenvalue weighted by Gasteiger charge is -2.36. The van der Waals surface area contributed by atoms with Crippen LogP contribution in [0.25, 0.3) is 0 Å². The molecule has 3 rings (SSSR count). The molecule has 0 bridgehead atoms. The maximum Gasteiger partial charge on any atom is 0.327 e. The van der Waals surface area contributed by atoms with E-state index < -0.39 is 5.54 Å². The Kier molecular flexibility index (Phi) is 4.52. The van der Waals surface area contributed by atoms with Crippen LogP contribution in [0.1, 0.15) is 32.1 Å². The van der Waals surface area contributed by atoms with E-state index in [1.54, 1.807) is 7.11 Å². The van der Waals surface area contributed by atoms with Crippen LogP contribution in [0.3, 0.4) is 0 Å². The highest BCUT2D eigenvalue weighted by Gasteiger charge is 2.54. The van der Waals surface area contributed by atoms with Gasteiger partial charge in [-0.1, -0.05) is 0 Å². The first-order chi connectivity index (χ1) is 10.2. The summed E-state index contributed by atoms with van der Waals surface area (Å²) in [4.78, 5) is 15.0. The van der Waals surface area contributed by atoms with Gasteiger partial charge in [-0.05, 0) is 50.5 Å². The molecule has 1 heterocycles. The molecule has 2 saturated carbocycles. The molecule has 3 fully saturated rings. The Bertz CT molecular complexity index is 382. The van der Waals surface area contributed by atoms with Crippen molar-refractivity contribution in [3.05, 3.63) is 0 Å². The smallest absolute Gasteiger partial charge is 0.327 e. The van der Waals surface area contributed by atoms with Crippen LogP contribution in [0.15, 0.2) is 0 Å². The third-order valence-electron chi connectivity index (χ3n) is 5.11. The van der Waals surface area contributed by atoms with Crippen molar-refractivity contribution in [3.8, 4) is 0 Å². The Morgan fingerprint density at radius 3 is 2.57 bits per heavy atom. The van der Waals surface area contributed by atoms with Gasteiger partial charge in [0.15, 0.2) is 0 Å². The Morgan fingerprint density at radius 1 is 1.24 bits per heavy atom.